The molecule has 128 valence electrons. The summed E-state index contributed by atoms with van der Waals surface area (Å²) in [6.45, 7) is 1.84. The van der Waals surface area contributed by atoms with Crippen molar-refractivity contribution in [3.05, 3.63) is 46.9 Å². The zero-order chi connectivity index (χ0) is 17.4. The smallest absolute Gasteiger partial charge is 0.133 e. The fourth-order valence-corrected chi connectivity index (χ4v) is 3.70. The summed E-state index contributed by atoms with van der Waals surface area (Å²) >= 11 is 6.37. The van der Waals surface area contributed by atoms with Crippen molar-refractivity contribution in [3.8, 4) is 6.07 Å². The molecule has 1 saturated heterocycles. The number of hydrogen-bond donors (Lipinski definition) is 0. The highest BCUT2D eigenvalue weighted by Gasteiger charge is 2.30. The van der Waals surface area contributed by atoms with Crippen LogP contribution in [-0.4, -0.2) is 36.1 Å². The zero-order valence-corrected chi connectivity index (χ0v) is 14.9. The molecule has 1 aromatic heterocycles. The van der Waals surface area contributed by atoms with E-state index in [1.165, 1.54) is 12.8 Å². The fourth-order valence-electron chi connectivity index (χ4n) is 3.40. The maximum absolute atomic E-state index is 8.98. The third kappa shape index (κ3) is 3.27. The van der Waals surface area contributed by atoms with E-state index in [2.05, 4.69) is 27.9 Å². The van der Waals surface area contributed by atoms with Gasteiger partial charge >= 0.3 is 0 Å². The van der Waals surface area contributed by atoms with E-state index in [-0.39, 0.29) is 0 Å². The van der Waals surface area contributed by atoms with E-state index in [9.17, 15) is 0 Å². The van der Waals surface area contributed by atoms with Gasteiger partial charge in [0.25, 0.3) is 0 Å². The number of rotatable bonds is 4. The lowest BCUT2D eigenvalue weighted by Gasteiger charge is -2.27. The van der Waals surface area contributed by atoms with Crippen LogP contribution in [0.4, 0.5) is 11.5 Å². The molecule has 5 nitrogen and oxygen atoms in total. The Bertz CT molecular complexity index is 827. The minimum Gasteiger partial charge on any atom is -0.368 e. The van der Waals surface area contributed by atoms with Gasteiger partial charge in [-0.25, -0.2) is 9.97 Å². The Morgan fingerprint density at radius 2 is 2.12 bits per heavy atom. The zero-order valence-electron chi connectivity index (χ0n) is 14.2. The third-order valence-corrected chi connectivity index (χ3v) is 5.39. The number of anilines is 2. The van der Waals surface area contributed by atoms with Crippen LogP contribution < -0.4 is 9.80 Å². The van der Waals surface area contributed by atoms with Gasteiger partial charge in [-0.15, -0.1) is 0 Å². The molecule has 0 N–H and O–H groups in total. The highest BCUT2D eigenvalue weighted by Crippen LogP contribution is 2.38. The van der Waals surface area contributed by atoms with Crippen molar-refractivity contribution in [1.82, 2.24) is 9.97 Å². The predicted molar refractivity (Wildman–Crippen MR) is 99.2 cm³/mol. The highest BCUT2D eigenvalue weighted by atomic mass is 35.5. The molecule has 0 bridgehead atoms. The molecule has 1 atom stereocenters. The van der Waals surface area contributed by atoms with Crippen LogP contribution in [0.2, 0.25) is 5.02 Å². The van der Waals surface area contributed by atoms with Gasteiger partial charge in [0.2, 0.25) is 0 Å². The van der Waals surface area contributed by atoms with E-state index in [0.717, 1.165) is 36.8 Å². The molecule has 2 aliphatic rings. The van der Waals surface area contributed by atoms with E-state index in [1.807, 2.05) is 24.4 Å². The Kier molecular flexibility index (Phi) is 4.22. The lowest BCUT2D eigenvalue weighted by Crippen LogP contribution is -2.35. The summed E-state index contributed by atoms with van der Waals surface area (Å²) < 4.78 is 0. The molecule has 2 fully saturated rings. The Morgan fingerprint density at radius 1 is 1.28 bits per heavy atom. The molecule has 0 radical (unpaired) electrons. The maximum Gasteiger partial charge on any atom is 0.133 e. The number of nitrogens with zero attached hydrogens (tertiary/aromatic N) is 5. The molecular formula is C19H20ClN5. The van der Waals surface area contributed by atoms with Crippen molar-refractivity contribution in [1.29, 1.82) is 5.26 Å². The van der Waals surface area contributed by atoms with Crippen LogP contribution in [0.5, 0.6) is 0 Å². The molecule has 1 unspecified atom stereocenters. The SMILES string of the molecule is CN(c1ccnc(C2CC2)n1)C1CCN(c2ccc(C#N)cc2Cl)C1. The van der Waals surface area contributed by atoms with Crippen molar-refractivity contribution < 1.29 is 0 Å². The second-order valence-electron chi connectivity index (χ2n) is 6.82. The summed E-state index contributed by atoms with van der Waals surface area (Å²) in [5.41, 5.74) is 1.59. The van der Waals surface area contributed by atoms with Gasteiger partial charge in [0, 0.05) is 38.3 Å². The molecule has 0 amide bonds. The predicted octanol–water partition coefficient (Wildman–Crippen LogP) is 3.59. The molecule has 0 spiro atoms. The summed E-state index contributed by atoms with van der Waals surface area (Å²) in [7, 11) is 2.10. The summed E-state index contributed by atoms with van der Waals surface area (Å²) in [5, 5.41) is 9.62. The van der Waals surface area contributed by atoms with Gasteiger partial charge < -0.3 is 9.80 Å². The summed E-state index contributed by atoms with van der Waals surface area (Å²) in [4.78, 5) is 13.7. The molecule has 6 heteroatoms. The van der Waals surface area contributed by atoms with Crippen molar-refractivity contribution in [3.63, 3.8) is 0 Å². The van der Waals surface area contributed by atoms with Crippen LogP contribution in [0, 0.1) is 11.3 Å². The summed E-state index contributed by atoms with van der Waals surface area (Å²) in [6, 6.07) is 10.0. The molecule has 1 saturated carbocycles. The quantitative estimate of drug-likeness (QED) is 0.840. The second-order valence-corrected chi connectivity index (χ2v) is 7.23. The number of likely N-dealkylation sites (N-methyl/N-ethyl adjacent to an activating group) is 1. The molecule has 1 aromatic carbocycles. The van der Waals surface area contributed by atoms with Gasteiger partial charge in [0.05, 0.1) is 22.3 Å². The molecule has 2 aromatic rings. The van der Waals surface area contributed by atoms with E-state index < -0.39 is 0 Å². The van der Waals surface area contributed by atoms with Gasteiger partial charge in [-0.1, -0.05) is 11.6 Å². The molecular weight excluding hydrogens is 334 g/mol. The number of halogens is 1. The molecule has 25 heavy (non-hydrogen) atoms. The van der Waals surface area contributed by atoms with Crippen molar-refractivity contribution in [2.75, 3.05) is 29.9 Å². The van der Waals surface area contributed by atoms with Gasteiger partial charge in [-0.3, -0.25) is 0 Å². The van der Waals surface area contributed by atoms with Crippen molar-refractivity contribution in [2.24, 2.45) is 0 Å². The highest BCUT2D eigenvalue weighted by molar-refractivity contribution is 6.33. The first-order valence-electron chi connectivity index (χ1n) is 8.66. The average molecular weight is 354 g/mol. The van der Waals surface area contributed by atoms with Gasteiger partial charge in [-0.2, -0.15) is 5.26 Å². The lowest BCUT2D eigenvalue weighted by atomic mass is 10.2. The first-order valence-corrected chi connectivity index (χ1v) is 9.04. The van der Waals surface area contributed by atoms with Crippen LogP contribution in [-0.2, 0) is 0 Å². The third-order valence-electron chi connectivity index (χ3n) is 5.09. The van der Waals surface area contributed by atoms with Crippen molar-refractivity contribution in [2.45, 2.75) is 31.2 Å². The molecule has 1 aliphatic heterocycles. The lowest BCUT2D eigenvalue weighted by molar-refractivity contribution is 0.680. The maximum atomic E-state index is 8.98. The van der Waals surface area contributed by atoms with Gasteiger partial charge in [0.1, 0.15) is 11.6 Å². The van der Waals surface area contributed by atoms with Crippen LogP contribution in [0.15, 0.2) is 30.5 Å². The normalized spacial score (nSPS) is 19.7. The van der Waals surface area contributed by atoms with Gasteiger partial charge in [-0.05, 0) is 43.5 Å². The minimum atomic E-state index is 0.383. The average Bonchev–Trinajstić information content (AvgIpc) is 3.38. The van der Waals surface area contributed by atoms with Crippen LogP contribution >= 0.6 is 11.6 Å². The first-order chi connectivity index (χ1) is 12.2. The van der Waals surface area contributed by atoms with E-state index in [4.69, 9.17) is 21.8 Å². The Labute approximate surface area is 152 Å². The monoisotopic (exact) mass is 353 g/mol. The largest absolute Gasteiger partial charge is 0.368 e. The summed E-state index contributed by atoms with van der Waals surface area (Å²) in [5.74, 6) is 2.54. The van der Waals surface area contributed by atoms with Crippen LogP contribution in [0.25, 0.3) is 0 Å². The number of nitriles is 1. The Hall–Kier alpha value is -2.32. The van der Waals surface area contributed by atoms with Crippen molar-refractivity contribution >= 4 is 23.1 Å². The van der Waals surface area contributed by atoms with E-state index in [1.54, 1.807) is 6.07 Å². The van der Waals surface area contributed by atoms with E-state index >= 15 is 0 Å². The van der Waals surface area contributed by atoms with Crippen LogP contribution in [0.1, 0.15) is 36.6 Å². The Balaban J connectivity index is 1.48. The molecule has 2 heterocycles. The second kappa shape index (κ2) is 6.53. The molecule has 4 rings (SSSR count). The number of benzene rings is 1. The number of hydrogen-bond acceptors (Lipinski definition) is 5. The Morgan fingerprint density at radius 3 is 2.84 bits per heavy atom. The minimum absolute atomic E-state index is 0.383. The van der Waals surface area contributed by atoms with Gasteiger partial charge in [0.15, 0.2) is 0 Å². The topological polar surface area (TPSA) is 56.1 Å². The summed E-state index contributed by atoms with van der Waals surface area (Å²) in [6.07, 6.45) is 5.34. The first kappa shape index (κ1) is 16.2. The standard InChI is InChI=1S/C19H20ClN5/c1-24(18-6-8-22-19(23-18)14-3-4-14)15-7-9-25(12-15)17-5-2-13(11-21)10-16(17)20/h2,5-6,8,10,14-15H,3-4,7,9,12H2,1H3. The van der Waals surface area contributed by atoms with E-state index in [0.29, 0.717) is 22.5 Å². The molecule has 1 aliphatic carbocycles. The fraction of sp³-hybridized carbons (Fsp3) is 0.421. The van der Waals surface area contributed by atoms with Crippen LogP contribution in [0.3, 0.4) is 0 Å². The number of aromatic nitrogens is 2.